The highest BCUT2D eigenvalue weighted by Gasteiger charge is 2.45. The van der Waals surface area contributed by atoms with Gasteiger partial charge in [-0.15, -0.1) is 0 Å². The monoisotopic (exact) mass is 540 g/mol. The number of carbonyl (C=O) groups is 4. The van der Waals surface area contributed by atoms with Crippen molar-refractivity contribution in [2.24, 2.45) is 22.2 Å². The van der Waals surface area contributed by atoms with Gasteiger partial charge in [-0.25, -0.2) is 19.9 Å². The molecule has 0 aromatic heterocycles. The number of alkyl halides is 6. The van der Waals surface area contributed by atoms with Gasteiger partial charge in [0.15, 0.2) is 5.03 Å². The number of primary amides is 1. The highest BCUT2D eigenvalue weighted by Crippen LogP contribution is 2.22. The van der Waals surface area contributed by atoms with Gasteiger partial charge in [0.2, 0.25) is 11.8 Å². The van der Waals surface area contributed by atoms with Crippen molar-refractivity contribution in [3.05, 3.63) is 10.1 Å². The molecule has 1 heterocycles. The molecule has 36 heavy (non-hydrogen) atoms. The van der Waals surface area contributed by atoms with Gasteiger partial charge in [0.05, 0.1) is 6.04 Å². The summed E-state index contributed by atoms with van der Waals surface area (Å²) in [4.78, 5) is 58.7. The third kappa shape index (κ3) is 11.5. The van der Waals surface area contributed by atoms with Crippen molar-refractivity contribution in [2.75, 3.05) is 13.1 Å². The number of amides is 3. The Bertz CT molecular complexity index is 866. The number of carbonyl (C=O) groups excluding carboxylic acids is 3. The average Bonchev–Trinajstić information content (AvgIpc) is 3.13. The number of nitrogens with two attached hydrogens (primary N) is 3. The lowest BCUT2D eigenvalue weighted by atomic mass is 10.1. The van der Waals surface area contributed by atoms with Crippen LogP contribution in [0.3, 0.4) is 0 Å². The molecular weight excluding hydrogens is 518 g/mol. The molecule has 21 heteroatoms. The Morgan fingerprint density at radius 1 is 1.14 bits per heavy atom. The van der Waals surface area contributed by atoms with E-state index in [1.807, 2.05) is 0 Å². The molecule has 0 bridgehead atoms. The molecule has 1 saturated heterocycles. The minimum atomic E-state index is -5.11. The highest BCUT2D eigenvalue weighted by atomic mass is 19.4. The second-order valence-electron chi connectivity index (χ2n) is 7.00. The van der Waals surface area contributed by atoms with Gasteiger partial charge in [-0.2, -0.15) is 26.3 Å². The largest absolute Gasteiger partial charge is 0.490 e. The average molecular weight is 540 g/mol. The third-order valence-electron chi connectivity index (χ3n) is 4.23. The Labute approximate surface area is 197 Å². The van der Waals surface area contributed by atoms with Crippen LogP contribution in [0.15, 0.2) is 4.99 Å². The van der Waals surface area contributed by atoms with Gasteiger partial charge in [-0.05, 0) is 19.3 Å². The maximum absolute atomic E-state index is 12.5. The number of carboxylic acid groups (broad SMARTS) is 1. The van der Waals surface area contributed by atoms with Crippen LogP contribution in [0.2, 0.25) is 0 Å². The first-order valence-electron chi connectivity index (χ1n) is 9.51. The Hall–Kier alpha value is -3.91. The molecule has 1 fully saturated rings. The number of nitro groups is 1. The number of likely N-dealkylation sites (tertiary alicyclic amines) is 1. The third-order valence-corrected chi connectivity index (χ3v) is 4.23. The maximum Gasteiger partial charge on any atom is 0.490 e. The first-order valence-corrected chi connectivity index (χ1v) is 9.51. The molecular formula is C15H22F6N8O7. The van der Waals surface area contributed by atoms with Crippen LogP contribution in [0.1, 0.15) is 19.3 Å². The SMILES string of the molecule is NC(=O)[C@@H]1C[C@H](NC(=O)C(F)(F)F)CN1C(=O)[C@H](N)CCCN=C(N)N[N+](=O)[O-].O=C(O)C(F)(F)F. The van der Waals surface area contributed by atoms with Gasteiger partial charge >= 0.3 is 24.2 Å². The van der Waals surface area contributed by atoms with Crippen molar-refractivity contribution in [3.8, 4) is 0 Å². The standard InChI is InChI=1S/C13H21F3N8O5.C2HF3O2/c14-13(15,16)11(27)21-6-4-8(9(18)25)23(5-6)10(26)7(17)2-1-3-20-12(19)22-24(28)29;3-2(4,5)1(6)7/h6-8H,1-5,17H2,(H2,18,25)(H,21,27)(H3,19,20,22);(H,6,7)/t6-,7+,8-;/m0./s1. The Morgan fingerprint density at radius 3 is 2.08 bits per heavy atom. The maximum atomic E-state index is 12.5. The van der Waals surface area contributed by atoms with Crippen molar-refractivity contribution in [1.82, 2.24) is 15.6 Å². The van der Waals surface area contributed by atoms with Crippen molar-refractivity contribution in [3.63, 3.8) is 0 Å². The summed E-state index contributed by atoms with van der Waals surface area (Å²) in [7, 11) is 0. The number of rotatable bonds is 8. The van der Waals surface area contributed by atoms with Crippen LogP contribution in [0.5, 0.6) is 0 Å². The fourth-order valence-corrected chi connectivity index (χ4v) is 2.70. The lowest BCUT2D eigenvalue weighted by molar-refractivity contribution is -0.525. The summed E-state index contributed by atoms with van der Waals surface area (Å²) in [5, 5.41) is 18.1. The second kappa shape index (κ2) is 13.3. The van der Waals surface area contributed by atoms with Crippen LogP contribution < -0.4 is 27.9 Å². The van der Waals surface area contributed by atoms with Gasteiger partial charge in [-0.3, -0.25) is 14.4 Å². The Morgan fingerprint density at radius 2 is 1.67 bits per heavy atom. The van der Waals surface area contributed by atoms with E-state index < -0.39 is 65.2 Å². The molecule has 1 rings (SSSR count). The van der Waals surface area contributed by atoms with Gasteiger partial charge in [0.1, 0.15) is 6.04 Å². The fraction of sp³-hybridized carbons (Fsp3) is 0.667. The van der Waals surface area contributed by atoms with Crippen LogP contribution in [0, 0.1) is 10.1 Å². The van der Waals surface area contributed by atoms with Crippen LogP contribution in [0.4, 0.5) is 26.3 Å². The predicted molar refractivity (Wildman–Crippen MR) is 105 cm³/mol. The summed E-state index contributed by atoms with van der Waals surface area (Å²) in [5.41, 5.74) is 17.8. The Kier molecular flexibility index (Phi) is 11.8. The summed E-state index contributed by atoms with van der Waals surface area (Å²) in [5.74, 6) is -7.07. The fourth-order valence-electron chi connectivity index (χ4n) is 2.70. The number of nitrogens with one attached hydrogen (secondary N) is 2. The van der Waals surface area contributed by atoms with E-state index in [0.29, 0.717) is 0 Å². The van der Waals surface area contributed by atoms with Crippen LogP contribution >= 0.6 is 0 Å². The number of nitrogens with zero attached hydrogens (tertiary/aromatic N) is 3. The molecule has 206 valence electrons. The van der Waals surface area contributed by atoms with Gasteiger partial charge in [-0.1, -0.05) is 5.43 Å². The van der Waals surface area contributed by atoms with E-state index in [1.54, 1.807) is 10.7 Å². The summed E-state index contributed by atoms with van der Waals surface area (Å²) < 4.78 is 68.9. The summed E-state index contributed by atoms with van der Waals surface area (Å²) in [6.45, 7) is -0.350. The van der Waals surface area contributed by atoms with Crippen molar-refractivity contribution < 1.29 is 55.7 Å². The van der Waals surface area contributed by atoms with Crippen molar-refractivity contribution >= 4 is 29.7 Å². The topological polar surface area (TPSA) is 249 Å². The Balaban J connectivity index is 0.00000152. The zero-order valence-electron chi connectivity index (χ0n) is 18.0. The van der Waals surface area contributed by atoms with Crippen LogP contribution in [-0.2, 0) is 19.2 Å². The van der Waals surface area contributed by atoms with Crippen LogP contribution in [0.25, 0.3) is 0 Å². The van der Waals surface area contributed by atoms with Crippen LogP contribution in [-0.4, -0.2) is 88.3 Å². The number of hydrogen-bond donors (Lipinski definition) is 6. The molecule has 1 aliphatic rings. The van der Waals surface area contributed by atoms with Gasteiger partial charge in [0.25, 0.3) is 5.96 Å². The minimum absolute atomic E-state index is 0.0111. The lowest BCUT2D eigenvalue weighted by Crippen LogP contribution is -2.50. The number of guanidine groups is 1. The quantitative estimate of drug-likeness (QED) is 0.0491. The molecule has 0 aromatic rings. The molecule has 0 aromatic carbocycles. The summed E-state index contributed by atoms with van der Waals surface area (Å²) in [6.07, 6.45) is -10.2. The molecule has 0 saturated carbocycles. The van der Waals surface area contributed by atoms with E-state index in [2.05, 4.69) is 4.99 Å². The van der Waals surface area contributed by atoms with E-state index in [0.717, 1.165) is 4.90 Å². The second-order valence-corrected chi connectivity index (χ2v) is 7.00. The number of aliphatic carboxylic acids is 1. The molecule has 9 N–H and O–H groups in total. The first kappa shape index (κ1) is 32.1. The number of hydrogen-bond acceptors (Lipinski definition) is 8. The van der Waals surface area contributed by atoms with Gasteiger partial charge in [0, 0.05) is 19.1 Å². The number of hydrazine groups is 1. The number of halogens is 6. The molecule has 3 amide bonds. The van der Waals surface area contributed by atoms with E-state index in [1.165, 1.54) is 0 Å². The van der Waals surface area contributed by atoms with E-state index in [9.17, 15) is 50.8 Å². The highest BCUT2D eigenvalue weighted by molar-refractivity contribution is 5.90. The zero-order chi connectivity index (χ0) is 28.4. The van der Waals surface area contributed by atoms with Crippen molar-refractivity contribution in [1.29, 1.82) is 0 Å². The zero-order valence-corrected chi connectivity index (χ0v) is 18.0. The van der Waals surface area contributed by atoms with E-state index in [4.69, 9.17) is 27.1 Å². The van der Waals surface area contributed by atoms with E-state index in [-0.39, 0.29) is 32.4 Å². The molecule has 0 radical (unpaired) electrons. The molecule has 3 atom stereocenters. The van der Waals surface area contributed by atoms with Gasteiger partial charge < -0.3 is 32.5 Å². The molecule has 15 nitrogen and oxygen atoms in total. The summed E-state index contributed by atoms with van der Waals surface area (Å²) in [6, 6.07) is -3.46. The van der Waals surface area contributed by atoms with E-state index >= 15 is 0 Å². The predicted octanol–water partition coefficient (Wildman–Crippen LogP) is -2.04. The van der Waals surface area contributed by atoms with Crippen molar-refractivity contribution in [2.45, 2.75) is 49.7 Å². The normalized spacial score (nSPS) is 19.0. The summed E-state index contributed by atoms with van der Waals surface area (Å²) >= 11 is 0. The lowest BCUT2D eigenvalue weighted by Gasteiger charge is -2.25. The molecule has 0 aliphatic carbocycles. The molecule has 0 spiro atoms. The number of aliphatic imine (C=N–C) groups is 1. The molecule has 0 unspecified atom stereocenters. The minimum Gasteiger partial charge on any atom is -0.475 e. The molecule has 1 aliphatic heterocycles. The smallest absolute Gasteiger partial charge is 0.475 e. The number of carboxylic acids is 1. The first-order chi connectivity index (χ1) is 16.3.